The molecule has 270 valence electrons. The molecule has 0 bridgehead atoms. The van der Waals surface area contributed by atoms with E-state index in [4.69, 9.17) is 4.74 Å². The Hall–Kier alpha value is -3.36. The van der Waals surface area contributed by atoms with Gasteiger partial charge < -0.3 is 9.64 Å². The van der Waals surface area contributed by atoms with Crippen LogP contribution in [0.1, 0.15) is 116 Å². The van der Waals surface area contributed by atoms with Crippen molar-refractivity contribution in [1.29, 1.82) is 0 Å². The Morgan fingerprint density at radius 3 is 2.44 bits per heavy atom. The maximum atomic E-state index is 6.91. The molecule has 0 amide bonds. The summed E-state index contributed by atoms with van der Waals surface area (Å²) >= 11 is 0. The van der Waals surface area contributed by atoms with Crippen molar-refractivity contribution < 1.29 is 4.74 Å². The fourth-order valence-corrected chi connectivity index (χ4v) is 12.1. The molecule has 1 aliphatic heterocycles. The van der Waals surface area contributed by atoms with E-state index in [1.165, 1.54) is 109 Å². The Kier molecular flexibility index (Phi) is 9.24. The van der Waals surface area contributed by atoms with E-state index >= 15 is 0 Å². The first-order valence-electron chi connectivity index (χ1n) is 21.5. The predicted molar refractivity (Wildman–Crippen MR) is 215 cm³/mol. The summed E-state index contributed by atoms with van der Waals surface area (Å²) in [6, 6.07) is 0.425. The van der Waals surface area contributed by atoms with Crippen LogP contribution in [0.3, 0.4) is 0 Å². The topological polar surface area (TPSA) is 12.5 Å². The molecule has 9 aliphatic carbocycles. The molecule has 2 nitrogen and oxygen atoms in total. The van der Waals surface area contributed by atoms with Crippen molar-refractivity contribution in [3.05, 3.63) is 142 Å². The van der Waals surface area contributed by atoms with E-state index in [1.54, 1.807) is 50.4 Å². The standard InChI is InChI=1S/C50H59NO/c1-3-12-35(13-4-1)44-18-9-10-21-48(44)51(41-29-30-43-39(32-41)23-22-37-16-7-8-17-42(37)43)40-27-24-34(25-28-40)38-26-31-49-47(33-38)46-20-11-19-45(50(46)52-49)36-14-5-2-6-15-36/h1-3,5,7,10,12,16,19,21,26-27,31-34,36,44,46-50H,4,6,8-9,11,13-15,17-18,20,22-25,28-30H2/t34?,36?,44-,46?,47?,48?,49?,50?/m1/s1. The van der Waals surface area contributed by atoms with E-state index in [-0.39, 0.29) is 6.10 Å². The van der Waals surface area contributed by atoms with Crippen molar-refractivity contribution >= 4 is 0 Å². The minimum Gasteiger partial charge on any atom is -0.366 e. The zero-order valence-corrected chi connectivity index (χ0v) is 31.4. The summed E-state index contributed by atoms with van der Waals surface area (Å²) in [6.07, 6.45) is 60.1. The second-order valence-electron chi connectivity index (χ2n) is 17.5. The summed E-state index contributed by atoms with van der Waals surface area (Å²) in [7, 11) is 0. The van der Waals surface area contributed by atoms with Gasteiger partial charge in [-0.3, -0.25) is 0 Å². The highest BCUT2D eigenvalue weighted by Crippen LogP contribution is 2.50. The largest absolute Gasteiger partial charge is 0.366 e. The van der Waals surface area contributed by atoms with Gasteiger partial charge >= 0.3 is 0 Å². The van der Waals surface area contributed by atoms with Crippen LogP contribution < -0.4 is 0 Å². The summed E-state index contributed by atoms with van der Waals surface area (Å²) < 4.78 is 6.91. The van der Waals surface area contributed by atoms with Gasteiger partial charge in [0.15, 0.2) is 0 Å². The predicted octanol–water partition coefficient (Wildman–Crippen LogP) is 12.6. The lowest BCUT2D eigenvalue weighted by Crippen LogP contribution is -2.41. The van der Waals surface area contributed by atoms with Crippen molar-refractivity contribution in [3.8, 4) is 0 Å². The summed E-state index contributed by atoms with van der Waals surface area (Å²) in [4.78, 5) is 2.90. The molecule has 7 unspecified atom stereocenters. The first-order valence-corrected chi connectivity index (χ1v) is 21.5. The van der Waals surface area contributed by atoms with Crippen molar-refractivity contribution in [3.63, 3.8) is 0 Å². The minimum atomic E-state index is 0.261. The van der Waals surface area contributed by atoms with Crippen LogP contribution >= 0.6 is 0 Å². The van der Waals surface area contributed by atoms with Gasteiger partial charge in [0.1, 0.15) is 0 Å². The zero-order chi connectivity index (χ0) is 34.4. The fraction of sp³-hybridized carbons (Fsp3) is 0.520. The van der Waals surface area contributed by atoms with Crippen LogP contribution in [0.15, 0.2) is 142 Å². The molecule has 1 heterocycles. The molecule has 52 heavy (non-hydrogen) atoms. The SMILES string of the molecule is C1=CCCC([C@H]2CCC=CC2N(C2=CC3=C(CC2)C2=C(C=CCC2)CC3)C2=CCC(C3=CC4C(C=C3)OC3C(C5CC=CCC5)=CCCC34)CC2)=C1. The van der Waals surface area contributed by atoms with Crippen LogP contribution in [-0.2, 0) is 4.74 Å². The molecule has 8 atom stereocenters. The van der Waals surface area contributed by atoms with Crippen LogP contribution in [-0.4, -0.2) is 23.1 Å². The van der Waals surface area contributed by atoms with Crippen LogP contribution in [0.5, 0.6) is 0 Å². The molecule has 0 aromatic carbocycles. The van der Waals surface area contributed by atoms with Gasteiger partial charge in [0.2, 0.25) is 0 Å². The number of hydrogen-bond acceptors (Lipinski definition) is 2. The van der Waals surface area contributed by atoms with Gasteiger partial charge in [0.05, 0.1) is 18.2 Å². The molecule has 10 aliphatic rings. The molecule has 0 radical (unpaired) electrons. The number of hydrogen-bond donors (Lipinski definition) is 0. The summed E-state index contributed by atoms with van der Waals surface area (Å²) in [5.74, 6) is 3.10. The van der Waals surface area contributed by atoms with E-state index < -0.39 is 0 Å². The van der Waals surface area contributed by atoms with E-state index in [0.717, 1.165) is 6.42 Å². The Morgan fingerprint density at radius 2 is 1.56 bits per heavy atom. The molecule has 0 aromatic rings. The first kappa shape index (κ1) is 33.2. The summed E-state index contributed by atoms with van der Waals surface area (Å²) in [5, 5.41) is 0. The van der Waals surface area contributed by atoms with Crippen molar-refractivity contribution in [2.75, 3.05) is 0 Å². The van der Waals surface area contributed by atoms with Crippen LogP contribution in [0.25, 0.3) is 0 Å². The monoisotopic (exact) mass is 689 g/mol. The molecule has 1 saturated heterocycles. The Labute approximate surface area is 313 Å². The van der Waals surface area contributed by atoms with Gasteiger partial charge in [0, 0.05) is 23.2 Å². The molecular weight excluding hydrogens is 631 g/mol. The summed E-state index contributed by atoms with van der Waals surface area (Å²) in [6.45, 7) is 0. The smallest absolute Gasteiger partial charge is 0.0833 e. The van der Waals surface area contributed by atoms with E-state index in [1.807, 2.05) is 0 Å². The third-order valence-electron chi connectivity index (χ3n) is 14.7. The van der Waals surface area contributed by atoms with E-state index in [9.17, 15) is 0 Å². The van der Waals surface area contributed by atoms with Crippen LogP contribution in [0.2, 0.25) is 0 Å². The molecule has 0 spiro atoms. The van der Waals surface area contributed by atoms with Crippen molar-refractivity contribution in [1.82, 2.24) is 4.90 Å². The van der Waals surface area contributed by atoms with Crippen molar-refractivity contribution in [2.45, 2.75) is 134 Å². The highest BCUT2D eigenvalue weighted by molar-refractivity contribution is 5.53. The second-order valence-corrected chi connectivity index (χ2v) is 17.5. The van der Waals surface area contributed by atoms with Crippen LogP contribution in [0, 0.1) is 29.6 Å². The molecule has 10 rings (SSSR count). The molecule has 0 saturated carbocycles. The highest BCUT2D eigenvalue weighted by atomic mass is 16.5. The van der Waals surface area contributed by atoms with Crippen LogP contribution in [0.4, 0.5) is 0 Å². The number of fused-ring (bicyclic) bond motifs is 4. The Morgan fingerprint density at radius 1 is 0.635 bits per heavy atom. The highest BCUT2D eigenvalue weighted by Gasteiger charge is 2.47. The lowest BCUT2D eigenvalue weighted by atomic mass is 9.71. The third-order valence-corrected chi connectivity index (χ3v) is 14.7. The number of rotatable bonds is 6. The van der Waals surface area contributed by atoms with Gasteiger partial charge in [0.25, 0.3) is 0 Å². The second kappa shape index (κ2) is 14.5. The van der Waals surface area contributed by atoms with E-state index in [2.05, 4.69) is 96.0 Å². The third kappa shape index (κ3) is 6.15. The van der Waals surface area contributed by atoms with Crippen molar-refractivity contribution in [2.24, 2.45) is 29.6 Å². The number of nitrogens with zero attached hydrogens (tertiary/aromatic N) is 1. The minimum absolute atomic E-state index is 0.261. The molecule has 0 N–H and O–H groups in total. The summed E-state index contributed by atoms with van der Waals surface area (Å²) in [5.41, 5.74) is 14.8. The molecule has 0 aromatic heterocycles. The first-order chi connectivity index (χ1) is 25.8. The van der Waals surface area contributed by atoms with Gasteiger partial charge in [-0.25, -0.2) is 0 Å². The Bertz CT molecular complexity index is 1820. The zero-order valence-electron chi connectivity index (χ0n) is 31.4. The Balaban J connectivity index is 0.927. The lowest BCUT2D eigenvalue weighted by Gasteiger charge is -2.45. The van der Waals surface area contributed by atoms with Gasteiger partial charge in [-0.15, -0.1) is 0 Å². The molecular formula is C50H59NO. The molecule has 1 fully saturated rings. The maximum Gasteiger partial charge on any atom is 0.0833 e. The van der Waals surface area contributed by atoms with Gasteiger partial charge in [-0.05, 0) is 173 Å². The van der Waals surface area contributed by atoms with Gasteiger partial charge in [-0.1, -0.05) is 90.6 Å². The number of ether oxygens (including phenoxy) is 1. The average molecular weight is 690 g/mol. The maximum absolute atomic E-state index is 6.91. The van der Waals surface area contributed by atoms with E-state index in [0.29, 0.717) is 41.7 Å². The lowest BCUT2D eigenvalue weighted by molar-refractivity contribution is 0.0667. The van der Waals surface area contributed by atoms with Gasteiger partial charge in [-0.2, -0.15) is 0 Å². The normalized spacial score (nSPS) is 36.6. The fourth-order valence-electron chi connectivity index (χ4n) is 12.1. The number of allylic oxidation sites excluding steroid dienone is 19. The quantitative estimate of drug-likeness (QED) is 0.257. The average Bonchev–Trinajstić information content (AvgIpc) is 3.60. The molecule has 2 heteroatoms.